The molecule has 0 radical (unpaired) electrons. The van der Waals surface area contributed by atoms with Crippen LogP contribution >= 0.6 is 0 Å². The van der Waals surface area contributed by atoms with E-state index in [0.29, 0.717) is 37.5 Å². The molecule has 1 aromatic rings. The third-order valence-corrected chi connectivity index (χ3v) is 5.45. The SMILES string of the molecule is CCOC(=O)C12CCCC=C1N(Cc1ccc(OC)c(OC)c1)C(=O)CC2. The molecule has 1 fully saturated rings. The number of carbonyl (C=O) groups is 2. The van der Waals surface area contributed by atoms with E-state index in [1.54, 1.807) is 19.1 Å². The third-order valence-electron chi connectivity index (χ3n) is 5.45. The zero-order chi connectivity index (χ0) is 19.4. The van der Waals surface area contributed by atoms with Gasteiger partial charge in [0, 0.05) is 12.1 Å². The summed E-state index contributed by atoms with van der Waals surface area (Å²) in [6.45, 7) is 2.56. The molecule has 1 aromatic carbocycles. The van der Waals surface area contributed by atoms with Gasteiger partial charge in [0.1, 0.15) is 5.41 Å². The molecule has 3 rings (SSSR count). The van der Waals surface area contributed by atoms with Crippen LogP contribution in [0.2, 0.25) is 0 Å². The van der Waals surface area contributed by atoms with Gasteiger partial charge in [0.05, 0.1) is 27.4 Å². The molecule has 1 amide bonds. The number of allylic oxidation sites excluding steroid dienone is 1. The smallest absolute Gasteiger partial charge is 0.318 e. The lowest BCUT2D eigenvalue weighted by atomic mass is 9.69. The number of ether oxygens (including phenoxy) is 3. The molecule has 1 unspecified atom stereocenters. The van der Waals surface area contributed by atoms with Gasteiger partial charge >= 0.3 is 5.97 Å². The molecule has 6 nitrogen and oxygen atoms in total. The molecule has 27 heavy (non-hydrogen) atoms. The van der Waals surface area contributed by atoms with E-state index in [9.17, 15) is 9.59 Å². The number of amides is 1. The molecule has 1 saturated heterocycles. The fourth-order valence-corrected chi connectivity index (χ4v) is 4.09. The number of methoxy groups -OCH3 is 2. The van der Waals surface area contributed by atoms with Crippen molar-refractivity contribution in [1.82, 2.24) is 4.90 Å². The topological polar surface area (TPSA) is 65.1 Å². The van der Waals surface area contributed by atoms with Gasteiger partial charge in [-0.1, -0.05) is 12.1 Å². The van der Waals surface area contributed by atoms with Gasteiger partial charge < -0.3 is 19.1 Å². The summed E-state index contributed by atoms with van der Waals surface area (Å²) in [5.41, 5.74) is 1.03. The lowest BCUT2D eigenvalue weighted by Crippen LogP contribution is -2.49. The van der Waals surface area contributed by atoms with Crippen molar-refractivity contribution in [3.63, 3.8) is 0 Å². The fraction of sp³-hybridized carbons (Fsp3) is 0.524. The minimum absolute atomic E-state index is 0.0397. The number of esters is 1. The third kappa shape index (κ3) is 3.53. The summed E-state index contributed by atoms with van der Waals surface area (Å²) < 4.78 is 16.0. The summed E-state index contributed by atoms with van der Waals surface area (Å²) in [6.07, 6.45) is 5.45. The zero-order valence-corrected chi connectivity index (χ0v) is 16.2. The molecule has 1 heterocycles. The Morgan fingerprint density at radius 2 is 1.96 bits per heavy atom. The van der Waals surface area contributed by atoms with Crippen LogP contribution in [0.5, 0.6) is 11.5 Å². The molecule has 0 aromatic heterocycles. The zero-order valence-electron chi connectivity index (χ0n) is 16.2. The van der Waals surface area contributed by atoms with Crippen LogP contribution in [0.25, 0.3) is 0 Å². The number of fused-ring (bicyclic) bond motifs is 1. The quantitative estimate of drug-likeness (QED) is 0.715. The number of nitrogens with zero attached hydrogens (tertiary/aromatic N) is 1. The van der Waals surface area contributed by atoms with Gasteiger partial charge in [-0.3, -0.25) is 9.59 Å². The van der Waals surface area contributed by atoms with Crippen LogP contribution in [0.3, 0.4) is 0 Å². The van der Waals surface area contributed by atoms with E-state index in [4.69, 9.17) is 14.2 Å². The molecule has 1 atom stereocenters. The lowest BCUT2D eigenvalue weighted by molar-refractivity contribution is -0.159. The molecule has 1 aliphatic heterocycles. The van der Waals surface area contributed by atoms with Gasteiger partial charge in [-0.15, -0.1) is 0 Å². The number of benzene rings is 1. The van der Waals surface area contributed by atoms with Crippen molar-refractivity contribution in [1.29, 1.82) is 0 Å². The molecular formula is C21H27NO5. The predicted molar refractivity (Wildman–Crippen MR) is 100 cm³/mol. The second-order valence-corrected chi connectivity index (χ2v) is 6.95. The highest BCUT2D eigenvalue weighted by molar-refractivity contribution is 5.88. The standard InChI is InChI=1S/C21H27NO5/c1-4-27-20(24)21-11-6-5-7-18(21)22(19(23)10-12-21)14-15-8-9-16(25-2)17(13-15)26-3/h7-9,13H,4-6,10-12,14H2,1-3H3. The first-order valence-electron chi connectivity index (χ1n) is 9.45. The first kappa shape index (κ1) is 19.3. The van der Waals surface area contributed by atoms with E-state index in [1.807, 2.05) is 31.2 Å². The maximum absolute atomic E-state index is 12.8. The van der Waals surface area contributed by atoms with Crippen LogP contribution in [0.4, 0.5) is 0 Å². The Kier molecular flexibility index (Phi) is 5.73. The number of carbonyl (C=O) groups excluding carboxylic acids is 2. The van der Waals surface area contributed by atoms with Gasteiger partial charge in [0.15, 0.2) is 11.5 Å². The molecule has 6 heteroatoms. The van der Waals surface area contributed by atoms with Crippen molar-refractivity contribution >= 4 is 11.9 Å². The predicted octanol–water partition coefficient (Wildman–Crippen LogP) is 3.44. The van der Waals surface area contributed by atoms with Gasteiger partial charge in [0.2, 0.25) is 5.91 Å². The second kappa shape index (κ2) is 8.03. The highest BCUT2D eigenvalue weighted by atomic mass is 16.5. The normalized spacial score (nSPS) is 22.0. The number of hydrogen-bond donors (Lipinski definition) is 0. The lowest BCUT2D eigenvalue weighted by Gasteiger charge is -2.45. The van der Waals surface area contributed by atoms with Crippen LogP contribution in [-0.4, -0.2) is 37.6 Å². The monoisotopic (exact) mass is 373 g/mol. The summed E-state index contributed by atoms with van der Waals surface area (Å²) in [7, 11) is 3.18. The number of rotatable bonds is 6. The van der Waals surface area contributed by atoms with E-state index >= 15 is 0 Å². The first-order valence-corrected chi connectivity index (χ1v) is 9.45. The second-order valence-electron chi connectivity index (χ2n) is 6.95. The Morgan fingerprint density at radius 1 is 1.19 bits per heavy atom. The van der Waals surface area contributed by atoms with Crippen molar-refractivity contribution in [3.05, 3.63) is 35.5 Å². The number of piperidine rings is 1. The largest absolute Gasteiger partial charge is 0.493 e. The molecule has 1 aliphatic carbocycles. The van der Waals surface area contributed by atoms with Crippen molar-refractivity contribution in [3.8, 4) is 11.5 Å². The van der Waals surface area contributed by atoms with Crippen LogP contribution in [0.15, 0.2) is 30.0 Å². The molecule has 2 aliphatic rings. The molecule has 0 N–H and O–H groups in total. The Morgan fingerprint density at radius 3 is 2.67 bits per heavy atom. The maximum Gasteiger partial charge on any atom is 0.318 e. The average Bonchev–Trinajstić information content (AvgIpc) is 2.70. The van der Waals surface area contributed by atoms with Crippen LogP contribution in [-0.2, 0) is 20.9 Å². The summed E-state index contributed by atoms with van der Waals surface area (Å²) in [5.74, 6) is 1.09. The van der Waals surface area contributed by atoms with Crippen molar-refractivity contribution < 1.29 is 23.8 Å². The van der Waals surface area contributed by atoms with Crippen molar-refractivity contribution in [2.75, 3.05) is 20.8 Å². The highest BCUT2D eigenvalue weighted by Gasteiger charge is 2.50. The van der Waals surface area contributed by atoms with Crippen LogP contribution < -0.4 is 9.47 Å². The van der Waals surface area contributed by atoms with Gasteiger partial charge in [-0.05, 0) is 50.3 Å². The Hall–Kier alpha value is -2.50. The Balaban J connectivity index is 1.93. The molecule has 146 valence electrons. The highest BCUT2D eigenvalue weighted by Crippen LogP contribution is 2.48. The van der Waals surface area contributed by atoms with Gasteiger partial charge in [-0.2, -0.15) is 0 Å². The Labute approximate surface area is 160 Å². The number of likely N-dealkylation sites (tertiary alicyclic amines) is 1. The minimum atomic E-state index is -0.696. The Bertz CT molecular complexity index is 757. The van der Waals surface area contributed by atoms with Gasteiger partial charge in [-0.25, -0.2) is 0 Å². The minimum Gasteiger partial charge on any atom is -0.493 e. The molecule has 0 saturated carbocycles. The summed E-state index contributed by atoms with van der Waals surface area (Å²) in [5, 5.41) is 0. The maximum atomic E-state index is 12.8. The molecular weight excluding hydrogens is 346 g/mol. The van der Waals surface area contributed by atoms with Crippen LogP contribution in [0, 0.1) is 5.41 Å². The van der Waals surface area contributed by atoms with Crippen molar-refractivity contribution in [2.24, 2.45) is 5.41 Å². The van der Waals surface area contributed by atoms with Crippen LogP contribution in [0.1, 0.15) is 44.6 Å². The summed E-state index contributed by atoms with van der Waals surface area (Å²) >= 11 is 0. The molecule has 0 bridgehead atoms. The summed E-state index contributed by atoms with van der Waals surface area (Å²) in [6, 6.07) is 5.62. The average molecular weight is 373 g/mol. The molecule has 0 spiro atoms. The number of hydrogen-bond acceptors (Lipinski definition) is 5. The first-order chi connectivity index (χ1) is 13.1. The van der Waals surface area contributed by atoms with E-state index < -0.39 is 5.41 Å². The van der Waals surface area contributed by atoms with E-state index in [1.165, 1.54) is 0 Å². The van der Waals surface area contributed by atoms with E-state index in [0.717, 1.165) is 30.5 Å². The van der Waals surface area contributed by atoms with E-state index in [-0.39, 0.29) is 11.9 Å². The van der Waals surface area contributed by atoms with E-state index in [2.05, 4.69) is 0 Å². The summed E-state index contributed by atoms with van der Waals surface area (Å²) in [4.78, 5) is 27.3. The fourth-order valence-electron chi connectivity index (χ4n) is 4.09. The van der Waals surface area contributed by atoms with Crippen molar-refractivity contribution in [2.45, 2.75) is 45.6 Å². The van der Waals surface area contributed by atoms with Gasteiger partial charge in [0.25, 0.3) is 0 Å².